The van der Waals surface area contributed by atoms with Gasteiger partial charge in [-0.1, -0.05) is 13.3 Å². The van der Waals surface area contributed by atoms with Gasteiger partial charge in [-0.3, -0.25) is 4.79 Å². The average molecular weight is 155 g/mol. The van der Waals surface area contributed by atoms with Crippen molar-refractivity contribution < 1.29 is 4.79 Å². The predicted molar refractivity (Wildman–Crippen MR) is 45.2 cm³/mol. The van der Waals surface area contributed by atoms with Crippen molar-refractivity contribution in [1.82, 2.24) is 5.32 Å². The summed E-state index contributed by atoms with van der Waals surface area (Å²) in [6.45, 7) is 4.00. The Morgan fingerprint density at radius 1 is 1.64 bits per heavy atom. The molecule has 1 fully saturated rings. The molecule has 0 saturated heterocycles. The average Bonchev–Trinajstić information content (AvgIpc) is 1.83. The third-order valence-electron chi connectivity index (χ3n) is 2.57. The zero-order valence-electron chi connectivity index (χ0n) is 7.39. The van der Waals surface area contributed by atoms with Gasteiger partial charge in [0.05, 0.1) is 0 Å². The summed E-state index contributed by atoms with van der Waals surface area (Å²) in [7, 11) is 0. The van der Waals surface area contributed by atoms with Gasteiger partial charge < -0.3 is 5.32 Å². The lowest BCUT2D eigenvalue weighted by Gasteiger charge is -2.31. The lowest BCUT2D eigenvalue weighted by molar-refractivity contribution is -0.121. The van der Waals surface area contributed by atoms with Gasteiger partial charge >= 0.3 is 0 Å². The number of carbonyl (C=O) groups is 1. The summed E-state index contributed by atoms with van der Waals surface area (Å²) in [5, 5.41) is 2.99. The standard InChI is InChI=1S/C9H17NO/c1-3-9(11)10-7(2)8-5-4-6-8/h7-8H,3-6H2,1-2H3,(H,10,11). The fourth-order valence-corrected chi connectivity index (χ4v) is 1.41. The first-order chi connectivity index (χ1) is 5.24. The molecule has 0 spiro atoms. The molecule has 2 nitrogen and oxygen atoms in total. The molecule has 1 aliphatic rings. The van der Waals surface area contributed by atoms with Crippen LogP contribution < -0.4 is 5.32 Å². The zero-order chi connectivity index (χ0) is 8.27. The Bertz CT molecular complexity index is 140. The van der Waals surface area contributed by atoms with E-state index in [1.807, 2.05) is 6.92 Å². The molecule has 1 unspecified atom stereocenters. The number of amides is 1. The lowest BCUT2D eigenvalue weighted by Crippen LogP contribution is -2.40. The summed E-state index contributed by atoms with van der Waals surface area (Å²) in [6, 6.07) is 0.399. The minimum absolute atomic E-state index is 0.185. The first kappa shape index (κ1) is 8.57. The van der Waals surface area contributed by atoms with Gasteiger partial charge in [0.25, 0.3) is 0 Å². The maximum Gasteiger partial charge on any atom is 0.219 e. The van der Waals surface area contributed by atoms with Crippen LogP contribution in [0, 0.1) is 5.92 Å². The Morgan fingerprint density at radius 3 is 2.64 bits per heavy atom. The summed E-state index contributed by atoms with van der Waals surface area (Å²) in [5.74, 6) is 0.940. The normalized spacial score (nSPS) is 20.5. The minimum Gasteiger partial charge on any atom is -0.353 e. The Kier molecular flexibility index (Phi) is 2.92. The molecule has 1 rings (SSSR count). The van der Waals surface area contributed by atoms with Crippen LogP contribution in [0.25, 0.3) is 0 Å². The monoisotopic (exact) mass is 155 g/mol. The lowest BCUT2D eigenvalue weighted by atomic mass is 9.80. The van der Waals surface area contributed by atoms with Crippen molar-refractivity contribution in [3.63, 3.8) is 0 Å². The van der Waals surface area contributed by atoms with Crippen LogP contribution in [0.5, 0.6) is 0 Å². The Hall–Kier alpha value is -0.530. The molecule has 1 saturated carbocycles. The van der Waals surface area contributed by atoms with Gasteiger partial charge in [-0.05, 0) is 25.7 Å². The number of hydrogen-bond acceptors (Lipinski definition) is 1. The zero-order valence-corrected chi connectivity index (χ0v) is 7.39. The third kappa shape index (κ3) is 2.21. The van der Waals surface area contributed by atoms with Crippen LogP contribution in [0.1, 0.15) is 39.5 Å². The second-order valence-electron chi connectivity index (χ2n) is 3.40. The first-order valence-electron chi connectivity index (χ1n) is 4.53. The van der Waals surface area contributed by atoms with Crippen LogP contribution >= 0.6 is 0 Å². The molecular formula is C9H17NO. The quantitative estimate of drug-likeness (QED) is 0.660. The maximum absolute atomic E-state index is 11.0. The SMILES string of the molecule is CCC(=O)NC(C)C1CCC1. The van der Waals surface area contributed by atoms with Crippen molar-refractivity contribution in [2.75, 3.05) is 0 Å². The molecule has 2 heteroatoms. The summed E-state index contributed by atoms with van der Waals surface area (Å²) in [6.07, 6.45) is 4.55. The highest BCUT2D eigenvalue weighted by Crippen LogP contribution is 2.29. The second-order valence-corrected chi connectivity index (χ2v) is 3.40. The molecular weight excluding hydrogens is 138 g/mol. The third-order valence-corrected chi connectivity index (χ3v) is 2.57. The summed E-state index contributed by atoms with van der Waals surface area (Å²) in [5.41, 5.74) is 0. The van der Waals surface area contributed by atoms with Crippen molar-refractivity contribution in [2.45, 2.75) is 45.6 Å². The highest BCUT2D eigenvalue weighted by atomic mass is 16.1. The van der Waals surface area contributed by atoms with E-state index < -0.39 is 0 Å². The van der Waals surface area contributed by atoms with Crippen LogP contribution in [-0.2, 0) is 4.79 Å². The van der Waals surface area contributed by atoms with Crippen molar-refractivity contribution in [3.05, 3.63) is 0 Å². The van der Waals surface area contributed by atoms with Crippen molar-refractivity contribution >= 4 is 5.91 Å². The van der Waals surface area contributed by atoms with Crippen LogP contribution in [-0.4, -0.2) is 11.9 Å². The topological polar surface area (TPSA) is 29.1 Å². The Balaban J connectivity index is 2.19. The molecule has 1 atom stereocenters. The molecule has 64 valence electrons. The van der Waals surface area contributed by atoms with Crippen molar-refractivity contribution in [3.8, 4) is 0 Å². The van der Waals surface area contributed by atoms with Crippen molar-refractivity contribution in [2.24, 2.45) is 5.92 Å². The van der Waals surface area contributed by atoms with Gasteiger partial charge in [0, 0.05) is 12.5 Å². The van der Waals surface area contributed by atoms with E-state index in [1.165, 1.54) is 19.3 Å². The molecule has 11 heavy (non-hydrogen) atoms. The van der Waals surface area contributed by atoms with E-state index in [0.717, 1.165) is 5.92 Å². The van der Waals surface area contributed by atoms with E-state index in [-0.39, 0.29) is 5.91 Å². The maximum atomic E-state index is 11.0. The predicted octanol–water partition coefficient (Wildman–Crippen LogP) is 1.70. The van der Waals surface area contributed by atoms with Gasteiger partial charge in [-0.2, -0.15) is 0 Å². The number of carbonyl (C=O) groups excluding carboxylic acids is 1. The molecule has 0 aromatic heterocycles. The molecule has 1 amide bonds. The molecule has 0 aromatic rings. The van der Waals surface area contributed by atoms with Gasteiger partial charge in [0.2, 0.25) is 5.91 Å². The molecule has 0 heterocycles. The van der Waals surface area contributed by atoms with E-state index in [9.17, 15) is 4.79 Å². The fraction of sp³-hybridized carbons (Fsp3) is 0.889. The molecule has 0 aromatic carbocycles. The summed E-state index contributed by atoms with van der Waals surface area (Å²) >= 11 is 0. The highest BCUT2D eigenvalue weighted by molar-refractivity contribution is 5.75. The molecule has 0 bridgehead atoms. The fourth-order valence-electron chi connectivity index (χ4n) is 1.41. The van der Waals surface area contributed by atoms with Gasteiger partial charge in [0.15, 0.2) is 0 Å². The largest absolute Gasteiger partial charge is 0.353 e. The summed E-state index contributed by atoms with van der Waals surface area (Å²) < 4.78 is 0. The Labute approximate surface area is 68.4 Å². The van der Waals surface area contributed by atoms with Gasteiger partial charge in [0.1, 0.15) is 0 Å². The first-order valence-corrected chi connectivity index (χ1v) is 4.53. The van der Waals surface area contributed by atoms with E-state index >= 15 is 0 Å². The smallest absolute Gasteiger partial charge is 0.219 e. The van der Waals surface area contributed by atoms with Gasteiger partial charge in [-0.15, -0.1) is 0 Å². The molecule has 0 aliphatic heterocycles. The molecule has 1 aliphatic carbocycles. The van der Waals surface area contributed by atoms with Crippen LogP contribution in [0.3, 0.4) is 0 Å². The highest BCUT2D eigenvalue weighted by Gasteiger charge is 2.24. The van der Waals surface area contributed by atoms with Crippen LogP contribution in [0.15, 0.2) is 0 Å². The number of hydrogen-bond donors (Lipinski definition) is 1. The van der Waals surface area contributed by atoms with Gasteiger partial charge in [-0.25, -0.2) is 0 Å². The van der Waals surface area contributed by atoms with E-state index in [1.54, 1.807) is 0 Å². The molecule has 1 N–H and O–H groups in total. The van der Waals surface area contributed by atoms with E-state index in [4.69, 9.17) is 0 Å². The number of rotatable bonds is 3. The van der Waals surface area contributed by atoms with E-state index in [0.29, 0.717) is 12.5 Å². The Morgan fingerprint density at radius 2 is 2.27 bits per heavy atom. The van der Waals surface area contributed by atoms with Crippen molar-refractivity contribution in [1.29, 1.82) is 0 Å². The van der Waals surface area contributed by atoms with Crippen LogP contribution in [0.4, 0.5) is 0 Å². The number of nitrogens with one attached hydrogen (secondary N) is 1. The molecule has 0 radical (unpaired) electrons. The van der Waals surface area contributed by atoms with Crippen LogP contribution in [0.2, 0.25) is 0 Å². The summed E-state index contributed by atoms with van der Waals surface area (Å²) in [4.78, 5) is 11.0. The van der Waals surface area contributed by atoms with E-state index in [2.05, 4.69) is 12.2 Å². The minimum atomic E-state index is 0.185. The second kappa shape index (κ2) is 3.74.